The van der Waals surface area contributed by atoms with Crippen LogP contribution in [0.3, 0.4) is 0 Å². The minimum Gasteiger partial charge on any atom is -0.506 e. The molecule has 0 unspecified atom stereocenters. The summed E-state index contributed by atoms with van der Waals surface area (Å²) in [5.74, 6) is -0.239. The summed E-state index contributed by atoms with van der Waals surface area (Å²) in [4.78, 5) is 10.1. The molecule has 0 spiro atoms. The molecule has 0 aliphatic carbocycles. The van der Waals surface area contributed by atoms with Crippen molar-refractivity contribution in [1.29, 1.82) is 0 Å². The first-order valence-corrected chi connectivity index (χ1v) is 4.32. The maximum Gasteiger partial charge on any atom is 0.299 e. The SMILES string of the molecule is CCCc1ccc(O)c(N)c1[N+](=O)[O-]. The van der Waals surface area contributed by atoms with Gasteiger partial charge in [-0.1, -0.05) is 13.3 Å². The van der Waals surface area contributed by atoms with E-state index in [0.717, 1.165) is 6.42 Å². The van der Waals surface area contributed by atoms with E-state index in [1.54, 1.807) is 0 Å². The van der Waals surface area contributed by atoms with Gasteiger partial charge in [-0.05, 0) is 18.6 Å². The Balaban J connectivity index is 3.30. The van der Waals surface area contributed by atoms with Gasteiger partial charge in [-0.25, -0.2) is 0 Å². The average molecular weight is 196 g/mol. The van der Waals surface area contributed by atoms with Gasteiger partial charge in [0.2, 0.25) is 0 Å². The Kier molecular flexibility index (Phi) is 2.91. The zero-order chi connectivity index (χ0) is 10.7. The van der Waals surface area contributed by atoms with E-state index in [-0.39, 0.29) is 17.1 Å². The van der Waals surface area contributed by atoms with Crippen LogP contribution in [0.25, 0.3) is 0 Å². The number of nitrogens with two attached hydrogens (primary N) is 1. The Morgan fingerprint density at radius 1 is 1.57 bits per heavy atom. The molecule has 5 nitrogen and oxygen atoms in total. The van der Waals surface area contributed by atoms with Gasteiger partial charge in [-0.3, -0.25) is 10.1 Å². The van der Waals surface area contributed by atoms with Crippen molar-refractivity contribution in [3.63, 3.8) is 0 Å². The van der Waals surface area contributed by atoms with E-state index in [9.17, 15) is 15.2 Å². The highest BCUT2D eigenvalue weighted by Gasteiger charge is 2.19. The molecule has 0 aliphatic rings. The number of anilines is 1. The van der Waals surface area contributed by atoms with Gasteiger partial charge in [0.15, 0.2) is 5.69 Å². The molecule has 0 saturated heterocycles. The third-order valence-electron chi connectivity index (χ3n) is 1.98. The number of aryl methyl sites for hydroxylation is 1. The lowest BCUT2D eigenvalue weighted by Crippen LogP contribution is -2.00. The summed E-state index contributed by atoms with van der Waals surface area (Å²) in [5, 5.41) is 19.9. The average Bonchev–Trinajstić information content (AvgIpc) is 2.11. The minimum absolute atomic E-state index is 0.152. The highest BCUT2D eigenvalue weighted by atomic mass is 16.6. The number of nitrogens with zero attached hydrogens (tertiary/aromatic N) is 1. The molecule has 0 aromatic heterocycles. The molecule has 0 amide bonds. The van der Waals surface area contributed by atoms with Gasteiger partial charge in [-0.2, -0.15) is 0 Å². The van der Waals surface area contributed by atoms with Crippen LogP contribution < -0.4 is 5.73 Å². The van der Waals surface area contributed by atoms with Crippen molar-refractivity contribution < 1.29 is 10.0 Å². The van der Waals surface area contributed by atoms with E-state index in [4.69, 9.17) is 5.73 Å². The quantitative estimate of drug-likeness (QED) is 0.334. The first-order chi connectivity index (χ1) is 6.57. The molecule has 14 heavy (non-hydrogen) atoms. The predicted octanol–water partition coefficient (Wildman–Crippen LogP) is 1.84. The van der Waals surface area contributed by atoms with E-state index < -0.39 is 4.92 Å². The number of rotatable bonds is 3. The van der Waals surface area contributed by atoms with E-state index in [2.05, 4.69) is 0 Å². The van der Waals surface area contributed by atoms with E-state index in [0.29, 0.717) is 12.0 Å². The lowest BCUT2D eigenvalue weighted by atomic mass is 10.1. The molecule has 0 saturated carbocycles. The number of nitro benzene ring substituents is 1. The predicted molar refractivity (Wildman–Crippen MR) is 53.2 cm³/mol. The summed E-state index contributed by atoms with van der Waals surface area (Å²) >= 11 is 0. The molecule has 0 fully saturated rings. The van der Waals surface area contributed by atoms with Crippen molar-refractivity contribution in [1.82, 2.24) is 0 Å². The van der Waals surface area contributed by atoms with Gasteiger partial charge in [-0.15, -0.1) is 0 Å². The molecule has 5 heteroatoms. The number of hydrogen-bond acceptors (Lipinski definition) is 4. The molecule has 1 aromatic rings. The van der Waals surface area contributed by atoms with Gasteiger partial charge in [0, 0.05) is 5.56 Å². The Hall–Kier alpha value is -1.78. The summed E-state index contributed by atoms with van der Waals surface area (Å²) in [5.41, 5.74) is 5.66. The van der Waals surface area contributed by atoms with Crippen LogP contribution in [-0.2, 0) is 6.42 Å². The van der Waals surface area contributed by atoms with Gasteiger partial charge in [0.05, 0.1) is 4.92 Å². The van der Waals surface area contributed by atoms with E-state index >= 15 is 0 Å². The molecule has 0 aliphatic heterocycles. The molecule has 1 aromatic carbocycles. The molecular weight excluding hydrogens is 184 g/mol. The molecule has 0 heterocycles. The first kappa shape index (κ1) is 10.3. The Morgan fingerprint density at radius 2 is 2.21 bits per heavy atom. The Bertz CT molecular complexity index is 363. The van der Waals surface area contributed by atoms with Crippen molar-refractivity contribution >= 4 is 11.4 Å². The number of nitrogen functional groups attached to an aromatic ring is 1. The lowest BCUT2D eigenvalue weighted by molar-refractivity contribution is -0.384. The molecular formula is C9H12N2O3. The number of benzene rings is 1. The fourth-order valence-electron chi connectivity index (χ4n) is 1.33. The van der Waals surface area contributed by atoms with Crippen LogP contribution in [0.1, 0.15) is 18.9 Å². The zero-order valence-electron chi connectivity index (χ0n) is 7.86. The van der Waals surface area contributed by atoms with Gasteiger partial charge in [0.25, 0.3) is 5.69 Å². The van der Waals surface area contributed by atoms with Crippen molar-refractivity contribution in [2.45, 2.75) is 19.8 Å². The highest BCUT2D eigenvalue weighted by molar-refractivity contribution is 5.69. The second-order valence-corrected chi connectivity index (χ2v) is 3.01. The molecule has 0 atom stereocenters. The number of nitro groups is 1. The summed E-state index contributed by atoms with van der Waals surface area (Å²) in [6.45, 7) is 1.92. The first-order valence-electron chi connectivity index (χ1n) is 4.32. The fourth-order valence-corrected chi connectivity index (χ4v) is 1.33. The molecule has 1 rings (SSSR count). The van der Waals surface area contributed by atoms with Crippen LogP contribution in [0, 0.1) is 10.1 Å². The van der Waals surface area contributed by atoms with Crippen LogP contribution >= 0.6 is 0 Å². The monoisotopic (exact) mass is 196 g/mol. The van der Waals surface area contributed by atoms with Crippen LogP contribution in [0.5, 0.6) is 5.75 Å². The smallest absolute Gasteiger partial charge is 0.299 e. The molecule has 3 N–H and O–H groups in total. The van der Waals surface area contributed by atoms with Gasteiger partial charge < -0.3 is 10.8 Å². The molecule has 76 valence electrons. The van der Waals surface area contributed by atoms with Gasteiger partial charge in [0.1, 0.15) is 5.75 Å². The van der Waals surface area contributed by atoms with Crippen molar-refractivity contribution in [2.24, 2.45) is 0 Å². The lowest BCUT2D eigenvalue weighted by Gasteiger charge is -2.05. The second-order valence-electron chi connectivity index (χ2n) is 3.01. The Morgan fingerprint density at radius 3 is 2.71 bits per heavy atom. The molecule has 0 bridgehead atoms. The van der Waals surface area contributed by atoms with Crippen LogP contribution in [0.2, 0.25) is 0 Å². The standard InChI is InChI=1S/C9H12N2O3/c1-2-3-6-4-5-7(12)8(10)9(6)11(13)14/h4-5,12H,2-3,10H2,1H3. The van der Waals surface area contributed by atoms with Crippen LogP contribution in [-0.4, -0.2) is 10.0 Å². The van der Waals surface area contributed by atoms with Crippen molar-refractivity contribution in [3.8, 4) is 5.75 Å². The number of aromatic hydroxyl groups is 1. The minimum atomic E-state index is -0.556. The summed E-state index contributed by atoms with van der Waals surface area (Å²) in [6.07, 6.45) is 1.38. The maximum atomic E-state index is 10.7. The van der Waals surface area contributed by atoms with Crippen LogP contribution in [0.15, 0.2) is 12.1 Å². The maximum absolute atomic E-state index is 10.7. The van der Waals surface area contributed by atoms with Crippen LogP contribution in [0.4, 0.5) is 11.4 Å². The third kappa shape index (κ3) is 1.76. The second kappa shape index (κ2) is 3.95. The van der Waals surface area contributed by atoms with Crippen molar-refractivity contribution in [3.05, 3.63) is 27.8 Å². The number of phenolic OH excluding ortho intramolecular Hbond substituents is 1. The highest BCUT2D eigenvalue weighted by Crippen LogP contribution is 2.34. The topological polar surface area (TPSA) is 89.4 Å². The summed E-state index contributed by atoms with van der Waals surface area (Å²) in [7, 11) is 0. The van der Waals surface area contributed by atoms with Gasteiger partial charge >= 0.3 is 0 Å². The molecule has 0 radical (unpaired) electrons. The summed E-state index contributed by atoms with van der Waals surface area (Å²) < 4.78 is 0. The largest absolute Gasteiger partial charge is 0.506 e. The van der Waals surface area contributed by atoms with E-state index in [1.807, 2.05) is 6.92 Å². The van der Waals surface area contributed by atoms with Crippen molar-refractivity contribution in [2.75, 3.05) is 5.73 Å². The Labute approximate surface area is 81.3 Å². The number of hydrogen-bond donors (Lipinski definition) is 2. The summed E-state index contributed by atoms with van der Waals surface area (Å²) in [6, 6.07) is 2.92. The normalized spacial score (nSPS) is 10.1. The van der Waals surface area contributed by atoms with E-state index in [1.165, 1.54) is 12.1 Å². The fraction of sp³-hybridized carbons (Fsp3) is 0.333. The third-order valence-corrected chi connectivity index (χ3v) is 1.98. The number of phenols is 1. The zero-order valence-corrected chi connectivity index (χ0v) is 7.86.